The SMILES string of the molecule is Cc1cc2nc([C@H](C)NS(=O)(=O)c3cccc(F)c3)cc(=O)n2[nH]1. The van der Waals surface area contributed by atoms with E-state index in [2.05, 4.69) is 14.8 Å². The van der Waals surface area contributed by atoms with E-state index in [0.717, 1.165) is 17.8 Å². The molecule has 0 aliphatic rings. The van der Waals surface area contributed by atoms with Gasteiger partial charge in [-0.05, 0) is 32.0 Å². The Bertz CT molecular complexity index is 1070. The zero-order valence-electron chi connectivity index (χ0n) is 12.9. The second-order valence-corrected chi connectivity index (χ2v) is 7.17. The van der Waals surface area contributed by atoms with E-state index in [-0.39, 0.29) is 16.1 Å². The molecule has 0 saturated carbocycles. The fourth-order valence-corrected chi connectivity index (χ4v) is 3.59. The van der Waals surface area contributed by atoms with E-state index in [0.29, 0.717) is 5.65 Å². The van der Waals surface area contributed by atoms with Gasteiger partial charge in [0.05, 0.1) is 16.6 Å². The van der Waals surface area contributed by atoms with E-state index in [4.69, 9.17) is 0 Å². The fourth-order valence-electron chi connectivity index (χ4n) is 2.35. The molecule has 2 aromatic heterocycles. The molecule has 0 spiro atoms. The van der Waals surface area contributed by atoms with Gasteiger partial charge < -0.3 is 0 Å². The summed E-state index contributed by atoms with van der Waals surface area (Å²) in [6.45, 7) is 3.35. The first-order valence-corrected chi connectivity index (χ1v) is 8.62. The highest BCUT2D eigenvalue weighted by Gasteiger charge is 2.20. The molecular weight excluding hydrogens is 335 g/mol. The summed E-state index contributed by atoms with van der Waals surface area (Å²) < 4.78 is 41.6. The number of aromatic amines is 1. The Kier molecular flexibility index (Phi) is 3.98. The molecule has 24 heavy (non-hydrogen) atoms. The molecule has 3 rings (SSSR count). The Labute approximate surface area is 137 Å². The van der Waals surface area contributed by atoms with Gasteiger partial charge >= 0.3 is 0 Å². The normalized spacial score (nSPS) is 13.3. The summed E-state index contributed by atoms with van der Waals surface area (Å²) in [6, 6.07) is 6.86. The molecule has 0 fully saturated rings. The van der Waals surface area contributed by atoms with Crippen molar-refractivity contribution in [2.24, 2.45) is 0 Å². The number of rotatable bonds is 4. The van der Waals surface area contributed by atoms with Gasteiger partial charge in [0.2, 0.25) is 10.0 Å². The first-order chi connectivity index (χ1) is 11.3. The van der Waals surface area contributed by atoms with Crippen molar-refractivity contribution in [1.29, 1.82) is 0 Å². The zero-order valence-corrected chi connectivity index (χ0v) is 13.8. The second-order valence-electron chi connectivity index (χ2n) is 5.45. The molecule has 2 heterocycles. The van der Waals surface area contributed by atoms with Crippen LogP contribution in [0.15, 0.2) is 46.1 Å². The van der Waals surface area contributed by atoms with Crippen molar-refractivity contribution in [3.8, 4) is 0 Å². The van der Waals surface area contributed by atoms with Crippen LogP contribution in [-0.4, -0.2) is 23.0 Å². The first kappa shape index (κ1) is 16.3. The highest BCUT2D eigenvalue weighted by molar-refractivity contribution is 7.89. The number of H-pyrrole nitrogens is 1. The molecule has 3 aromatic rings. The van der Waals surface area contributed by atoms with Crippen LogP contribution in [0.3, 0.4) is 0 Å². The van der Waals surface area contributed by atoms with Crippen molar-refractivity contribution >= 4 is 15.7 Å². The second kappa shape index (κ2) is 5.84. The molecule has 0 radical (unpaired) electrons. The van der Waals surface area contributed by atoms with E-state index in [1.165, 1.54) is 22.7 Å². The van der Waals surface area contributed by atoms with E-state index < -0.39 is 21.9 Å². The Morgan fingerprint density at radius 1 is 1.29 bits per heavy atom. The van der Waals surface area contributed by atoms with Gasteiger partial charge in [-0.15, -0.1) is 0 Å². The minimum atomic E-state index is -3.94. The molecule has 7 nitrogen and oxygen atoms in total. The van der Waals surface area contributed by atoms with Gasteiger partial charge in [0, 0.05) is 17.8 Å². The van der Waals surface area contributed by atoms with Crippen LogP contribution in [0.1, 0.15) is 24.4 Å². The number of hydrogen-bond donors (Lipinski definition) is 2. The van der Waals surface area contributed by atoms with Crippen LogP contribution in [0.25, 0.3) is 5.65 Å². The quantitative estimate of drug-likeness (QED) is 0.745. The predicted octanol–water partition coefficient (Wildman–Crippen LogP) is 1.51. The Morgan fingerprint density at radius 2 is 2.04 bits per heavy atom. The highest BCUT2D eigenvalue weighted by Crippen LogP contribution is 2.16. The third-order valence-electron chi connectivity index (χ3n) is 3.48. The van der Waals surface area contributed by atoms with E-state index in [1.54, 1.807) is 19.9 Å². The van der Waals surface area contributed by atoms with Crippen molar-refractivity contribution in [2.75, 3.05) is 0 Å². The van der Waals surface area contributed by atoms with Crippen molar-refractivity contribution in [2.45, 2.75) is 24.8 Å². The maximum absolute atomic E-state index is 13.2. The number of halogens is 1. The Hall–Kier alpha value is -2.52. The summed E-state index contributed by atoms with van der Waals surface area (Å²) in [5.41, 5.74) is 1.08. The van der Waals surface area contributed by atoms with Gasteiger partial charge in [-0.3, -0.25) is 9.89 Å². The summed E-state index contributed by atoms with van der Waals surface area (Å²) in [5.74, 6) is -0.647. The van der Waals surface area contributed by atoms with E-state index in [9.17, 15) is 17.6 Å². The van der Waals surface area contributed by atoms with Gasteiger partial charge in [-0.25, -0.2) is 27.0 Å². The lowest BCUT2D eigenvalue weighted by Gasteiger charge is -2.14. The van der Waals surface area contributed by atoms with Gasteiger partial charge in [0.1, 0.15) is 5.82 Å². The van der Waals surface area contributed by atoms with E-state index >= 15 is 0 Å². The monoisotopic (exact) mass is 350 g/mol. The first-order valence-electron chi connectivity index (χ1n) is 7.13. The number of sulfonamides is 1. The average Bonchev–Trinajstić information content (AvgIpc) is 2.88. The highest BCUT2D eigenvalue weighted by atomic mass is 32.2. The van der Waals surface area contributed by atoms with E-state index in [1.807, 2.05) is 0 Å². The molecule has 0 bridgehead atoms. The summed E-state index contributed by atoms with van der Waals surface area (Å²) >= 11 is 0. The van der Waals surface area contributed by atoms with Gasteiger partial charge in [0.25, 0.3) is 5.56 Å². The predicted molar refractivity (Wildman–Crippen MR) is 85.7 cm³/mol. The van der Waals surface area contributed by atoms with Crippen molar-refractivity contribution in [1.82, 2.24) is 19.3 Å². The molecule has 0 saturated heterocycles. The number of aryl methyl sites for hydroxylation is 1. The van der Waals surface area contributed by atoms with Crippen LogP contribution in [-0.2, 0) is 10.0 Å². The van der Waals surface area contributed by atoms with Crippen LogP contribution >= 0.6 is 0 Å². The molecule has 0 unspecified atom stereocenters. The summed E-state index contributed by atoms with van der Waals surface area (Å²) in [5, 5.41) is 2.83. The zero-order chi connectivity index (χ0) is 17.5. The molecule has 0 aliphatic heterocycles. The molecule has 9 heteroatoms. The lowest BCUT2D eigenvalue weighted by Crippen LogP contribution is -2.29. The summed E-state index contributed by atoms with van der Waals surface area (Å²) in [7, 11) is -3.94. The van der Waals surface area contributed by atoms with Crippen molar-refractivity contribution in [3.63, 3.8) is 0 Å². The van der Waals surface area contributed by atoms with Gasteiger partial charge in [-0.2, -0.15) is 0 Å². The largest absolute Gasteiger partial charge is 0.294 e. The lowest BCUT2D eigenvalue weighted by molar-refractivity contribution is 0.561. The number of nitrogens with one attached hydrogen (secondary N) is 2. The standard InChI is InChI=1S/C15H15FN4O3S/c1-9-6-14-17-13(8-15(21)20(14)18-9)10(2)19-24(22,23)12-5-3-4-11(16)7-12/h3-8,10,18-19H,1-2H3/t10-/m0/s1. The third-order valence-corrected chi connectivity index (χ3v) is 5.02. The van der Waals surface area contributed by atoms with Crippen molar-refractivity contribution < 1.29 is 12.8 Å². The van der Waals surface area contributed by atoms with Crippen molar-refractivity contribution in [3.05, 3.63) is 64.0 Å². The van der Waals surface area contributed by atoms with Crippen LogP contribution < -0.4 is 10.3 Å². The summed E-state index contributed by atoms with van der Waals surface area (Å²) in [6.07, 6.45) is 0. The maximum atomic E-state index is 13.2. The molecule has 0 aliphatic carbocycles. The van der Waals surface area contributed by atoms with Gasteiger partial charge in [-0.1, -0.05) is 6.07 Å². The lowest BCUT2D eigenvalue weighted by atomic mass is 10.2. The minimum absolute atomic E-state index is 0.190. The van der Waals surface area contributed by atoms with Crippen LogP contribution in [0, 0.1) is 12.7 Å². The Morgan fingerprint density at radius 3 is 2.75 bits per heavy atom. The molecule has 126 valence electrons. The molecule has 1 aromatic carbocycles. The Balaban J connectivity index is 1.94. The molecular formula is C15H15FN4O3S. The van der Waals surface area contributed by atoms with Crippen LogP contribution in [0.5, 0.6) is 0 Å². The average molecular weight is 350 g/mol. The molecule has 2 N–H and O–H groups in total. The van der Waals surface area contributed by atoms with Gasteiger partial charge in [0.15, 0.2) is 5.65 Å². The minimum Gasteiger partial charge on any atom is -0.294 e. The topological polar surface area (TPSA) is 96.3 Å². The molecule has 0 amide bonds. The number of nitrogens with zero attached hydrogens (tertiary/aromatic N) is 2. The third kappa shape index (κ3) is 3.08. The fraction of sp³-hybridized carbons (Fsp3) is 0.200. The maximum Gasteiger partial charge on any atom is 0.272 e. The molecule has 1 atom stereocenters. The number of fused-ring (bicyclic) bond motifs is 1. The van der Waals surface area contributed by atoms with Crippen LogP contribution in [0.4, 0.5) is 4.39 Å². The number of aromatic nitrogens is 3. The number of benzene rings is 1. The summed E-state index contributed by atoms with van der Waals surface area (Å²) in [4.78, 5) is 16.2. The van der Waals surface area contributed by atoms with Crippen LogP contribution in [0.2, 0.25) is 0 Å². The number of hydrogen-bond acceptors (Lipinski definition) is 4. The smallest absolute Gasteiger partial charge is 0.272 e.